The van der Waals surface area contributed by atoms with E-state index in [0.717, 1.165) is 16.0 Å². The maximum Gasteiger partial charge on any atom is 0.411 e. The molecule has 0 aliphatic carbocycles. The first-order valence-electron chi connectivity index (χ1n) is 12.4. The van der Waals surface area contributed by atoms with Gasteiger partial charge in [-0.3, -0.25) is 9.69 Å². The summed E-state index contributed by atoms with van der Waals surface area (Å²) in [7, 11) is 0. The number of nitrogens with two attached hydrogens (primary N) is 2. The number of amides is 2. The van der Waals surface area contributed by atoms with Crippen LogP contribution in [0.5, 0.6) is 0 Å². The molecule has 204 valence electrons. The van der Waals surface area contributed by atoms with Crippen molar-refractivity contribution in [3.05, 3.63) is 51.9 Å². The fourth-order valence-corrected chi connectivity index (χ4v) is 4.65. The molecule has 1 aromatic heterocycles. The Bertz CT molecular complexity index is 1090. The van der Waals surface area contributed by atoms with Gasteiger partial charge in [0.15, 0.2) is 0 Å². The van der Waals surface area contributed by atoms with Gasteiger partial charge in [-0.2, -0.15) is 0 Å². The second-order valence-electron chi connectivity index (χ2n) is 11.6. The number of carbonyl (C=O) groups is 3. The van der Waals surface area contributed by atoms with Crippen LogP contribution in [0.3, 0.4) is 0 Å². The Morgan fingerprint density at radius 2 is 1.49 bits per heavy atom. The molecule has 0 bridgehead atoms. The number of nitrogens with zero attached hydrogens (tertiary/aromatic N) is 1. The molecule has 37 heavy (non-hydrogen) atoms. The van der Waals surface area contributed by atoms with E-state index in [1.54, 1.807) is 26.8 Å². The average molecular weight is 532 g/mol. The van der Waals surface area contributed by atoms with E-state index in [2.05, 4.69) is 0 Å². The van der Waals surface area contributed by atoms with Gasteiger partial charge < -0.3 is 20.9 Å². The normalized spacial score (nSPS) is 12.8. The molecule has 2 aromatic rings. The lowest BCUT2D eigenvalue weighted by Gasteiger charge is -2.34. The molecule has 1 aromatic carbocycles. The third-order valence-electron chi connectivity index (χ3n) is 5.21. The number of hydrogen-bond donors (Lipinski definition) is 2. The van der Waals surface area contributed by atoms with E-state index in [9.17, 15) is 14.4 Å². The number of nitrogen functional groups attached to an aromatic ring is 1. The van der Waals surface area contributed by atoms with Gasteiger partial charge >= 0.3 is 12.1 Å². The van der Waals surface area contributed by atoms with Gasteiger partial charge in [0.25, 0.3) is 5.91 Å². The molecule has 1 atom stereocenters. The van der Waals surface area contributed by atoms with Crippen molar-refractivity contribution in [2.45, 2.75) is 92.0 Å². The summed E-state index contributed by atoms with van der Waals surface area (Å²) in [6.45, 7) is 15.0. The number of primary amides is 1. The van der Waals surface area contributed by atoms with Crippen molar-refractivity contribution in [3.8, 4) is 0 Å². The largest absolute Gasteiger partial charge is 0.458 e. The number of anilines is 1. The highest BCUT2D eigenvalue weighted by atomic mass is 32.1. The quantitative estimate of drug-likeness (QED) is 0.411. The van der Waals surface area contributed by atoms with E-state index in [-0.39, 0.29) is 12.5 Å². The molecule has 0 saturated heterocycles. The standard InChI is InChI=1S/C28H41N3O5S/c1-17(2)13-22(25(33)35-27(3,4)5)31(26(34)36-28(6,7)8)16-19-11-9-18(10-12-19)14-20-15-21(23(29)32)24(30)37-20/h9-12,15,17,22H,13-14,16,30H2,1-8H3,(H2,29,32)/t22-/m0/s1. The first-order chi connectivity index (χ1) is 16.9. The Balaban J connectivity index is 2.32. The number of rotatable bonds is 9. The molecule has 9 heteroatoms. The molecule has 0 aliphatic heterocycles. The van der Waals surface area contributed by atoms with Gasteiger partial charge in [0.05, 0.1) is 10.6 Å². The van der Waals surface area contributed by atoms with Gasteiger partial charge in [0.1, 0.15) is 17.2 Å². The number of esters is 1. The summed E-state index contributed by atoms with van der Waals surface area (Å²) in [6, 6.07) is 8.66. The SMILES string of the molecule is CC(C)C[C@@H](C(=O)OC(C)(C)C)N(Cc1ccc(Cc2cc(C(N)=O)c(N)s2)cc1)C(=O)OC(C)(C)C. The smallest absolute Gasteiger partial charge is 0.411 e. The van der Waals surface area contributed by atoms with Gasteiger partial charge in [-0.25, -0.2) is 9.59 Å². The minimum atomic E-state index is -0.796. The van der Waals surface area contributed by atoms with Crippen LogP contribution >= 0.6 is 11.3 Å². The minimum absolute atomic E-state index is 0.147. The number of thiophene rings is 1. The average Bonchev–Trinajstić information content (AvgIpc) is 3.09. The minimum Gasteiger partial charge on any atom is -0.458 e. The van der Waals surface area contributed by atoms with Gasteiger partial charge in [0.2, 0.25) is 0 Å². The zero-order valence-corrected chi connectivity index (χ0v) is 24.0. The molecule has 0 unspecified atom stereocenters. The van der Waals surface area contributed by atoms with E-state index in [4.69, 9.17) is 20.9 Å². The maximum atomic E-state index is 13.3. The number of ether oxygens (including phenoxy) is 2. The van der Waals surface area contributed by atoms with Gasteiger partial charge in [0, 0.05) is 17.8 Å². The lowest BCUT2D eigenvalue weighted by Crippen LogP contribution is -2.49. The Morgan fingerprint density at radius 1 is 0.946 bits per heavy atom. The van der Waals surface area contributed by atoms with Crippen LogP contribution in [0, 0.1) is 5.92 Å². The monoisotopic (exact) mass is 531 g/mol. The molecule has 2 rings (SSSR count). The van der Waals surface area contributed by atoms with Crippen LogP contribution in [0.4, 0.5) is 9.80 Å². The fraction of sp³-hybridized carbons (Fsp3) is 0.536. The van der Waals surface area contributed by atoms with E-state index in [1.165, 1.54) is 16.2 Å². The lowest BCUT2D eigenvalue weighted by molar-refractivity contribution is -0.162. The summed E-state index contributed by atoms with van der Waals surface area (Å²) in [4.78, 5) is 40.4. The summed E-state index contributed by atoms with van der Waals surface area (Å²) < 4.78 is 11.4. The van der Waals surface area contributed by atoms with Gasteiger partial charge in [-0.05, 0) is 71.1 Å². The van der Waals surface area contributed by atoms with E-state index in [1.807, 2.05) is 58.9 Å². The molecule has 8 nitrogen and oxygen atoms in total. The lowest BCUT2D eigenvalue weighted by atomic mass is 10.0. The highest BCUT2D eigenvalue weighted by molar-refractivity contribution is 7.16. The maximum absolute atomic E-state index is 13.3. The van der Waals surface area contributed by atoms with Crippen molar-refractivity contribution in [1.82, 2.24) is 4.90 Å². The van der Waals surface area contributed by atoms with Crippen molar-refractivity contribution < 1.29 is 23.9 Å². The Hall–Kier alpha value is -3.07. The molecule has 1 heterocycles. The molecular weight excluding hydrogens is 490 g/mol. The molecule has 0 fully saturated rings. The summed E-state index contributed by atoms with van der Waals surface area (Å²) >= 11 is 1.33. The third kappa shape index (κ3) is 9.72. The Morgan fingerprint density at radius 3 is 1.95 bits per heavy atom. The van der Waals surface area contributed by atoms with Crippen LogP contribution in [-0.4, -0.2) is 40.1 Å². The zero-order chi connectivity index (χ0) is 28.1. The van der Waals surface area contributed by atoms with E-state index >= 15 is 0 Å². The predicted octanol–water partition coefficient (Wildman–Crippen LogP) is 5.51. The molecule has 0 saturated carbocycles. The molecule has 0 aliphatic rings. The highest BCUT2D eigenvalue weighted by Crippen LogP contribution is 2.27. The predicted molar refractivity (Wildman–Crippen MR) is 147 cm³/mol. The third-order valence-corrected chi connectivity index (χ3v) is 6.17. The Labute approximate surface area is 224 Å². The van der Waals surface area contributed by atoms with Crippen LogP contribution in [0.1, 0.15) is 88.2 Å². The van der Waals surface area contributed by atoms with Crippen molar-refractivity contribution in [2.24, 2.45) is 11.7 Å². The van der Waals surface area contributed by atoms with Crippen LogP contribution in [0.25, 0.3) is 0 Å². The van der Waals surface area contributed by atoms with Crippen LogP contribution in [0.15, 0.2) is 30.3 Å². The number of hydrogen-bond acceptors (Lipinski definition) is 7. The van der Waals surface area contributed by atoms with Crippen LogP contribution in [-0.2, 0) is 27.2 Å². The second-order valence-corrected chi connectivity index (χ2v) is 12.8. The van der Waals surface area contributed by atoms with Crippen molar-refractivity contribution in [3.63, 3.8) is 0 Å². The molecule has 2 amide bonds. The summed E-state index contributed by atoms with van der Waals surface area (Å²) in [5.41, 5.74) is 12.1. The van der Waals surface area contributed by atoms with Gasteiger partial charge in [-0.1, -0.05) is 38.1 Å². The van der Waals surface area contributed by atoms with Crippen molar-refractivity contribution >= 4 is 34.3 Å². The summed E-state index contributed by atoms with van der Waals surface area (Å²) in [6.07, 6.45) is 0.460. The van der Waals surface area contributed by atoms with Gasteiger partial charge in [-0.15, -0.1) is 11.3 Å². The summed E-state index contributed by atoms with van der Waals surface area (Å²) in [5, 5.41) is 0.408. The number of carbonyl (C=O) groups excluding carboxylic acids is 3. The van der Waals surface area contributed by atoms with E-state index in [0.29, 0.717) is 23.4 Å². The molecule has 0 radical (unpaired) electrons. The first-order valence-corrected chi connectivity index (χ1v) is 13.2. The fourth-order valence-electron chi connectivity index (χ4n) is 3.69. The highest BCUT2D eigenvalue weighted by Gasteiger charge is 2.36. The van der Waals surface area contributed by atoms with Crippen LogP contribution < -0.4 is 11.5 Å². The zero-order valence-electron chi connectivity index (χ0n) is 23.2. The summed E-state index contributed by atoms with van der Waals surface area (Å²) in [5.74, 6) is -0.851. The van der Waals surface area contributed by atoms with Crippen LogP contribution in [0.2, 0.25) is 0 Å². The molecular formula is C28H41N3O5S. The second kappa shape index (κ2) is 12.0. The number of benzene rings is 1. The topological polar surface area (TPSA) is 125 Å². The molecule has 0 spiro atoms. The molecule has 4 N–H and O–H groups in total. The first kappa shape index (κ1) is 30.2. The van der Waals surface area contributed by atoms with Crippen molar-refractivity contribution in [2.75, 3.05) is 5.73 Å². The van der Waals surface area contributed by atoms with E-state index < -0.39 is 35.2 Å². The van der Waals surface area contributed by atoms with Crippen molar-refractivity contribution in [1.29, 1.82) is 0 Å². The Kier molecular flexibility index (Phi) is 9.77.